The third-order valence-corrected chi connectivity index (χ3v) is 6.34. The minimum Gasteiger partial charge on any atom is -0.389 e. The molecular formula is C19H35N3O2. The lowest BCUT2D eigenvalue weighted by Gasteiger charge is -2.42. The maximum Gasteiger partial charge on any atom is 0.237 e. The van der Waals surface area contributed by atoms with Crippen molar-refractivity contribution in [2.24, 2.45) is 0 Å². The highest BCUT2D eigenvalue weighted by atomic mass is 16.3. The lowest BCUT2D eigenvalue weighted by molar-refractivity contribution is -0.127. The second-order valence-electron chi connectivity index (χ2n) is 8.26. The first-order valence-corrected chi connectivity index (χ1v) is 10.0. The SMILES string of the molecule is CC(C(=O)NC1CCCC1)N1CCN(CC2(O)CCCCC2)CC1. The Morgan fingerprint density at radius 2 is 1.71 bits per heavy atom. The Labute approximate surface area is 146 Å². The average molecular weight is 338 g/mol. The Morgan fingerprint density at radius 1 is 1.08 bits per heavy atom. The van der Waals surface area contributed by atoms with E-state index in [2.05, 4.69) is 15.1 Å². The third-order valence-electron chi connectivity index (χ3n) is 6.34. The summed E-state index contributed by atoms with van der Waals surface area (Å²) in [4.78, 5) is 17.1. The number of aliphatic hydroxyl groups is 1. The summed E-state index contributed by atoms with van der Waals surface area (Å²) in [6, 6.07) is 0.368. The van der Waals surface area contributed by atoms with Gasteiger partial charge in [-0.3, -0.25) is 14.6 Å². The zero-order valence-corrected chi connectivity index (χ0v) is 15.3. The number of hydrogen-bond donors (Lipinski definition) is 2. The number of rotatable bonds is 5. The van der Waals surface area contributed by atoms with Gasteiger partial charge in [-0.25, -0.2) is 0 Å². The van der Waals surface area contributed by atoms with Gasteiger partial charge in [0, 0.05) is 38.8 Å². The van der Waals surface area contributed by atoms with Crippen molar-refractivity contribution in [1.82, 2.24) is 15.1 Å². The quantitative estimate of drug-likeness (QED) is 0.802. The molecule has 138 valence electrons. The zero-order chi connectivity index (χ0) is 17.0. The smallest absolute Gasteiger partial charge is 0.237 e. The summed E-state index contributed by atoms with van der Waals surface area (Å²) in [6.07, 6.45) is 10.3. The van der Waals surface area contributed by atoms with Gasteiger partial charge in [-0.05, 0) is 32.6 Å². The molecule has 3 aliphatic rings. The minimum absolute atomic E-state index is 0.0366. The first-order chi connectivity index (χ1) is 11.6. The van der Waals surface area contributed by atoms with E-state index in [0.29, 0.717) is 6.04 Å². The summed E-state index contributed by atoms with van der Waals surface area (Å²) < 4.78 is 0. The molecule has 5 nitrogen and oxygen atoms in total. The van der Waals surface area contributed by atoms with Gasteiger partial charge in [-0.2, -0.15) is 0 Å². The highest BCUT2D eigenvalue weighted by Crippen LogP contribution is 2.29. The van der Waals surface area contributed by atoms with Crippen molar-refractivity contribution in [3.63, 3.8) is 0 Å². The van der Waals surface area contributed by atoms with Crippen LogP contribution in [0.2, 0.25) is 0 Å². The minimum atomic E-state index is -0.466. The van der Waals surface area contributed by atoms with Crippen molar-refractivity contribution in [3.8, 4) is 0 Å². The van der Waals surface area contributed by atoms with Gasteiger partial charge in [0.2, 0.25) is 5.91 Å². The van der Waals surface area contributed by atoms with Gasteiger partial charge in [0.05, 0.1) is 11.6 Å². The molecule has 2 N–H and O–H groups in total. The highest BCUT2D eigenvalue weighted by Gasteiger charge is 2.33. The molecule has 1 amide bonds. The first-order valence-electron chi connectivity index (χ1n) is 10.0. The van der Waals surface area contributed by atoms with E-state index in [0.717, 1.165) is 71.2 Å². The molecular weight excluding hydrogens is 302 g/mol. The third kappa shape index (κ3) is 4.70. The number of piperazine rings is 1. The Morgan fingerprint density at radius 3 is 2.33 bits per heavy atom. The van der Waals surface area contributed by atoms with Crippen molar-refractivity contribution in [2.45, 2.75) is 82.4 Å². The summed E-state index contributed by atoms with van der Waals surface area (Å²) in [5.74, 6) is 0.196. The molecule has 0 spiro atoms. The summed E-state index contributed by atoms with van der Waals surface area (Å²) in [6.45, 7) is 6.62. The molecule has 5 heteroatoms. The topological polar surface area (TPSA) is 55.8 Å². The maximum atomic E-state index is 12.4. The molecule has 0 bridgehead atoms. The standard InChI is InChI=1S/C19H35N3O2/c1-16(18(23)20-17-7-3-4-8-17)22-13-11-21(12-14-22)15-19(24)9-5-2-6-10-19/h16-17,24H,2-15H2,1H3,(H,20,23). The van der Waals surface area contributed by atoms with E-state index in [1.165, 1.54) is 19.3 Å². The van der Waals surface area contributed by atoms with Crippen LogP contribution in [0.15, 0.2) is 0 Å². The number of carbonyl (C=O) groups excluding carboxylic acids is 1. The second kappa shape index (κ2) is 8.15. The van der Waals surface area contributed by atoms with Crippen LogP contribution in [0.25, 0.3) is 0 Å². The number of β-amino-alcohol motifs (C(OH)–C–C–N with tert-alkyl or cyclic N) is 1. The van der Waals surface area contributed by atoms with Gasteiger partial charge in [-0.15, -0.1) is 0 Å². The number of nitrogens with one attached hydrogen (secondary N) is 1. The van der Waals surface area contributed by atoms with E-state index in [1.54, 1.807) is 0 Å². The van der Waals surface area contributed by atoms with Crippen LogP contribution in [0.5, 0.6) is 0 Å². The van der Waals surface area contributed by atoms with E-state index in [4.69, 9.17) is 0 Å². The molecule has 0 radical (unpaired) electrons. The predicted octanol–water partition coefficient (Wildman–Crippen LogP) is 1.75. The fourth-order valence-corrected chi connectivity index (χ4v) is 4.65. The molecule has 3 rings (SSSR count). The fraction of sp³-hybridized carbons (Fsp3) is 0.947. The molecule has 1 aliphatic heterocycles. The van der Waals surface area contributed by atoms with E-state index < -0.39 is 5.60 Å². The van der Waals surface area contributed by atoms with Crippen molar-refractivity contribution < 1.29 is 9.90 Å². The fourth-order valence-electron chi connectivity index (χ4n) is 4.65. The molecule has 3 fully saturated rings. The zero-order valence-electron chi connectivity index (χ0n) is 15.3. The normalized spacial score (nSPS) is 27.9. The first kappa shape index (κ1) is 18.2. The van der Waals surface area contributed by atoms with Gasteiger partial charge in [0.25, 0.3) is 0 Å². The van der Waals surface area contributed by atoms with Crippen LogP contribution in [0.4, 0.5) is 0 Å². The van der Waals surface area contributed by atoms with E-state index >= 15 is 0 Å². The van der Waals surface area contributed by atoms with Crippen molar-refractivity contribution in [1.29, 1.82) is 0 Å². The van der Waals surface area contributed by atoms with Crippen molar-refractivity contribution in [2.75, 3.05) is 32.7 Å². The van der Waals surface area contributed by atoms with Crippen LogP contribution < -0.4 is 5.32 Å². The number of amides is 1. The Bertz CT molecular complexity index is 409. The van der Waals surface area contributed by atoms with Gasteiger partial charge < -0.3 is 10.4 Å². The number of hydrogen-bond acceptors (Lipinski definition) is 4. The van der Waals surface area contributed by atoms with Crippen LogP contribution in [-0.4, -0.2) is 71.2 Å². The van der Waals surface area contributed by atoms with E-state index in [-0.39, 0.29) is 11.9 Å². The molecule has 1 atom stereocenters. The van der Waals surface area contributed by atoms with Gasteiger partial charge in [0.15, 0.2) is 0 Å². The van der Waals surface area contributed by atoms with E-state index in [1.807, 2.05) is 6.92 Å². The summed E-state index contributed by atoms with van der Waals surface area (Å²) in [7, 11) is 0. The second-order valence-corrected chi connectivity index (χ2v) is 8.26. The molecule has 1 heterocycles. The Hall–Kier alpha value is -0.650. The van der Waals surface area contributed by atoms with Crippen LogP contribution in [-0.2, 0) is 4.79 Å². The Kier molecular flexibility index (Phi) is 6.17. The molecule has 0 aromatic rings. The van der Waals surface area contributed by atoms with Gasteiger partial charge in [0.1, 0.15) is 0 Å². The molecule has 24 heavy (non-hydrogen) atoms. The lowest BCUT2D eigenvalue weighted by Crippen LogP contribution is -2.57. The maximum absolute atomic E-state index is 12.4. The average Bonchev–Trinajstić information content (AvgIpc) is 3.08. The molecule has 2 aliphatic carbocycles. The summed E-state index contributed by atoms with van der Waals surface area (Å²) in [5, 5.41) is 14.0. The van der Waals surface area contributed by atoms with Crippen molar-refractivity contribution in [3.05, 3.63) is 0 Å². The number of carbonyl (C=O) groups is 1. The van der Waals surface area contributed by atoms with Crippen LogP contribution in [0.1, 0.15) is 64.7 Å². The molecule has 0 aromatic heterocycles. The summed E-state index contributed by atoms with van der Waals surface area (Å²) >= 11 is 0. The van der Waals surface area contributed by atoms with Crippen molar-refractivity contribution >= 4 is 5.91 Å². The van der Waals surface area contributed by atoms with Gasteiger partial charge in [-0.1, -0.05) is 32.1 Å². The largest absolute Gasteiger partial charge is 0.389 e. The van der Waals surface area contributed by atoms with Crippen LogP contribution in [0, 0.1) is 0 Å². The van der Waals surface area contributed by atoms with Crippen LogP contribution >= 0.6 is 0 Å². The molecule has 1 saturated heterocycles. The summed E-state index contributed by atoms with van der Waals surface area (Å²) in [5.41, 5.74) is -0.466. The lowest BCUT2D eigenvalue weighted by atomic mass is 9.84. The Balaban J connectivity index is 1.41. The van der Waals surface area contributed by atoms with Gasteiger partial charge >= 0.3 is 0 Å². The molecule has 0 aromatic carbocycles. The van der Waals surface area contributed by atoms with Crippen LogP contribution in [0.3, 0.4) is 0 Å². The van der Waals surface area contributed by atoms with E-state index in [9.17, 15) is 9.90 Å². The monoisotopic (exact) mass is 337 g/mol. The number of nitrogens with zero attached hydrogens (tertiary/aromatic N) is 2. The highest BCUT2D eigenvalue weighted by molar-refractivity contribution is 5.81. The molecule has 1 unspecified atom stereocenters. The predicted molar refractivity (Wildman–Crippen MR) is 95.9 cm³/mol. The molecule has 2 saturated carbocycles.